The second-order valence-corrected chi connectivity index (χ2v) is 6.66. The first-order chi connectivity index (χ1) is 8.48. The highest BCUT2D eigenvalue weighted by atomic mass is 35.5. The fourth-order valence-electron chi connectivity index (χ4n) is 1.89. The summed E-state index contributed by atoms with van der Waals surface area (Å²) in [6.07, 6.45) is 0.524. The van der Waals surface area contributed by atoms with Gasteiger partial charge >= 0.3 is 0 Å². The zero-order valence-corrected chi connectivity index (χ0v) is 11.4. The Hall–Kier alpha value is -1.04. The molecule has 4 nitrogen and oxygen atoms in total. The molecule has 1 aromatic carbocycles. The van der Waals surface area contributed by atoms with Gasteiger partial charge in [-0.3, -0.25) is 0 Å². The Morgan fingerprint density at radius 1 is 1.39 bits per heavy atom. The van der Waals surface area contributed by atoms with Gasteiger partial charge in [0.25, 0.3) is 0 Å². The molecule has 6 heteroatoms. The molecule has 0 aliphatic carbocycles. The maximum Gasteiger partial charge on any atom is 0.220 e. The van der Waals surface area contributed by atoms with Gasteiger partial charge in [-0.25, -0.2) is 8.42 Å². The van der Waals surface area contributed by atoms with Crippen molar-refractivity contribution in [2.45, 2.75) is 24.3 Å². The molecule has 1 aromatic rings. The molecule has 18 heavy (non-hydrogen) atoms. The van der Waals surface area contributed by atoms with Gasteiger partial charge < -0.3 is 10.4 Å². The minimum absolute atomic E-state index is 0.0352. The molecule has 0 spiro atoms. The molecule has 0 bridgehead atoms. The minimum Gasteiger partial charge on any atom is -0.396 e. The van der Waals surface area contributed by atoms with Crippen LogP contribution in [0.2, 0.25) is 0 Å². The molecular formula is C12H14ClNO3S. The van der Waals surface area contributed by atoms with Gasteiger partial charge in [0.1, 0.15) is 0 Å². The van der Waals surface area contributed by atoms with E-state index in [1.807, 2.05) is 6.92 Å². The lowest BCUT2D eigenvalue weighted by Crippen LogP contribution is -2.25. The van der Waals surface area contributed by atoms with Crippen molar-refractivity contribution in [3.8, 4) is 0 Å². The van der Waals surface area contributed by atoms with Crippen molar-refractivity contribution in [3.05, 3.63) is 34.2 Å². The number of hydrogen-bond acceptors (Lipinski definition) is 4. The van der Waals surface area contributed by atoms with Crippen LogP contribution in [0, 0.1) is 0 Å². The third-order valence-electron chi connectivity index (χ3n) is 2.83. The van der Waals surface area contributed by atoms with Gasteiger partial charge in [-0.15, -0.1) is 0 Å². The quantitative estimate of drug-likeness (QED) is 0.884. The van der Waals surface area contributed by atoms with Crippen LogP contribution in [0.15, 0.2) is 33.5 Å². The zero-order chi connectivity index (χ0) is 13.3. The number of benzene rings is 1. The molecule has 0 fully saturated rings. The number of aliphatic hydroxyl groups excluding tert-OH is 1. The summed E-state index contributed by atoms with van der Waals surface area (Å²) in [5, 5.41) is 11.9. The normalized spacial score (nSPS) is 18.6. The van der Waals surface area contributed by atoms with Crippen molar-refractivity contribution in [2.75, 3.05) is 6.61 Å². The summed E-state index contributed by atoms with van der Waals surface area (Å²) in [6, 6.07) is 6.64. The number of hydrogen-bond donors (Lipinski definition) is 2. The Balaban J connectivity index is 2.44. The van der Waals surface area contributed by atoms with E-state index in [0.29, 0.717) is 17.7 Å². The highest BCUT2D eigenvalue weighted by Gasteiger charge is 2.34. The van der Waals surface area contributed by atoms with E-state index >= 15 is 0 Å². The van der Waals surface area contributed by atoms with Crippen molar-refractivity contribution in [1.82, 2.24) is 5.32 Å². The van der Waals surface area contributed by atoms with E-state index in [1.54, 1.807) is 24.3 Å². The molecule has 0 radical (unpaired) electrons. The van der Waals surface area contributed by atoms with Crippen LogP contribution in [0.5, 0.6) is 0 Å². The Kier molecular flexibility index (Phi) is 3.66. The summed E-state index contributed by atoms with van der Waals surface area (Å²) in [7, 11) is -3.57. The first-order valence-corrected chi connectivity index (χ1v) is 7.46. The number of sulfone groups is 1. The maximum absolute atomic E-state index is 12.1. The second kappa shape index (κ2) is 4.91. The number of halogens is 1. The average molecular weight is 288 g/mol. The third-order valence-corrected chi connectivity index (χ3v) is 5.24. The van der Waals surface area contributed by atoms with E-state index in [1.165, 1.54) is 0 Å². The van der Waals surface area contributed by atoms with E-state index in [2.05, 4.69) is 5.32 Å². The van der Waals surface area contributed by atoms with Gasteiger partial charge in [-0.1, -0.05) is 29.8 Å². The molecule has 2 N–H and O–H groups in total. The van der Waals surface area contributed by atoms with Gasteiger partial charge in [0.15, 0.2) is 4.36 Å². The number of nitrogens with one attached hydrogen (secondary N) is 1. The molecule has 0 saturated heterocycles. The second-order valence-electron chi connectivity index (χ2n) is 4.21. The van der Waals surface area contributed by atoms with Gasteiger partial charge in [-0.2, -0.15) is 0 Å². The maximum atomic E-state index is 12.1. The molecular weight excluding hydrogens is 274 g/mol. The van der Waals surface area contributed by atoms with E-state index in [4.69, 9.17) is 16.7 Å². The smallest absolute Gasteiger partial charge is 0.220 e. The predicted molar refractivity (Wildman–Crippen MR) is 70.7 cm³/mol. The predicted octanol–water partition coefficient (Wildman–Crippen LogP) is 1.70. The Labute approximate surface area is 111 Å². The Morgan fingerprint density at radius 3 is 2.72 bits per heavy atom. The molecule has 2 rings (SSSR count). The lowest BCUT2D eigenvalue weighted by Gasteiger charge is -2.15. The molecule has 1 atom stereocenters. The summed E-state index contributed by atoms with van der Waals surface area (Å²) in [5.41, 5.74) is 1.01. The SMILES string of the molecule is CC(CCO)NC1=C(Cl)S(=O)(=O)c2ccccc21. The van der Waals surface area contributed by atoms with Gasteiger partial charge in [0.05, 0.1) is 10.6 Å². The standard InChI is InChI=1S/C12H14ClNO3S/c1-8(6-7-15)14-11-9-4-2-3-5-10(9)18(16,17)12(11)13/h2-5,8,14-15H,6-7H2,1H3. The summed E-state index contributed by atoms with van der Waals surface area (Å²) >= 11 is 5.95. The molecule has 98 valence electrons. The number of aliphatic hydroxyl groups is 1. The van der Waals surface area contributed by atoms with Crippen LogP contribution in [0.3, 0.4) is 0 Å². The Bertz CT molecular complexity index is 595. The van der Waals surface area contributed by atoms with Gasteiger partial charge in [0.2, 0.25) is 9.84 Å². The fraction of sp³-hybridized carbons (Fsp3) is 0.333. The molecule has 0 amide bonds. The topological polar surface area (TPSA) is 66.4 Å². The monoisotopic (exact) mass is 287 g/mol. The lowest BCUT2D eigenvalue weighted by molar-refractivity contribution is 0.274. The van der Waals surface area contributed by atoms with Crippen LogP contribution < -0.4 is 5.32 Å². The summed E-state index contributed by atoms with van der Waals surface area (Å²) in [4.78, 5) is 0.230. The van der Waals surface area contributed by atoms with Crippen LogP contribution in [0.1, 0.15) is 18.9 Å². The van der Waals surface area contributed by atoms with Crippen LogP contribution in [-0.2, 0) is 9.84 Å². The van der Waals surface area contributed by atoms with Crippen molar-refractivity contribution < 1.29 is 13.5 Å². The van der Waals surface area contributed by atoms with Crippen molar-refractivity contribution in [2.24, 2.45) is 0 Å². The first kappa shape index (κ1) is 13.4. The van der Waals surface area contributed by atoms with Crippen LogP contribution >= 0.6 is 11.6 Å². The highest BCUT2D eigenvalue weighted by molar-refractivity contribution is 7.97. The fourth-order valence-corrected chi connectivity index (χ4v) is 3.64. The molecule has 1 unspecified atom stereocenters. The van der Waals surface area contributed by atoms with E-state index in [9.17, 15) is 8.42 Å². The van der Waals surface area contributed by atoms with Crippen LogP contribution in [0.4, 0.5) is 0 Å². The summed E-state index contributed by atoms with van der Waals surface area (Å²) < 4.78 is 23.9. The van der Waals surface area contributed by atoms with Crippen LogP contribution in [0.25, 0.3) is 5.70 Å². The highest BCUT2D eigenvalue weighted by Crippen LogP contribution is 2.39. The summed E-state index contributed by atoms with van der Waals surface area (Å²) in [6.45, 7) is 1.90. The molecule has 1 aliphatic heterocycles. The molecule has 1 heterocycles. The molecule has 0 saturated carbocycles. The van der Waals surface area contributed by atoms with E-state index < -0.39 is 9.84 Å². The molecule has 0 aromatic heterocycles. The van der Waals surface area contributed by atoms with Crippen molar-refractivity contribution in [3.63, 3.8) is 0 Å². The van der Waals surface area contributed by atoms with E-state index in [0.717, 1.165) is 0 Å². The van der Waals surface area contributed by atoms with Crippen molar-refractivity contribution >= 4 is 27.1 Å². The lowest BCUT2D eigenvalue weighted by atomic mass is 10.1. The Morgan fingerprint density at radius 2 is 2.06 bits per heavy atom. The average Bonchev–Trinajstić information content (AvgIpc) is 2.52. The zero-order valence-electron chi connectivity index (χ0n) is 9.85. The summed E-state index contributed by atoms with van der Waals surface area (Å²) in [5.74, 6) is 0. The van der Waals surface area contributed by atoms with Crippen molar-refractivity contribution in [1.29, 1.82) is 0 Å². The van der Waals surface area contributed by atoms with E-state index in [-0.39, 0.29) is 21.9 Å². The first-order valence-electron chi connectivity index (χ1n) is 5.60. The van der Waals surface area contributed by atoms with Crippen LogP contribution in [-0.4, -0.2) is 26.2 Å². The van der Waals surface area contributed by atoms with Gasteiger partial charge in [0, 0.05) is 18.2 Å². The largest absolute Gasteiger partial charge is 0.396 e. The third kappa shape index (κ3) is 2.13. The minimum atomic E-state index is -3.57. The number of fused-ring (bicyclic) bond motifs is 1. The van der Waals surface area contributed by atoms with Gasteiger partial charge in [-0.05, 0) is 19.4 Å². The molecule has 1 aliphatic rings. The number of rotatable bonds is 4.